The number of hydrogen-bond acceptors (Lipinski definition) is 5. The lowest BCUT2D eigenvalue weighted by atomic mass is 10.1. The van der Waals surface area contributed by atoms with Crippen molar-refractivity contribution >= 4 is 23.6 Å². The lowest BCUT2D eigenvalue weighted by Gasteiger charge is -2.32. The Balaban J connectivity index is 1.50. The van der Waals surface area contributed by atoms with Crippen LogP contribution in [-0.2, 0) is 19.1 Å². The Morgan fingerprint density at radius 1 is 1.27 bits per heavy atom. The number of carbonyl (C=O) groups is 2. The van der Waals surface area contributed by atoms with Crippen LogP contribution in [0.1, 0.15) is 24.2 Å². The smallest absolute Gasteiger partial charge is 0.330 e. The molecule has 3 rings (SSSR count). The molecular formula is C23H25FN2O4. The minimum Gasteiger partial charge on any atom is -0.463 e. The highest BCUT2D eigenvalue weighted by molar-refractivity contribution is 5.92. The van der Waals surface area contributed by atoms with Crippen molar-refractivity contribution in [3.05, 3.63) is 71.6 Å². The first-order valence-electron chi connectivity index (χ1n) is 9.87. The number of esters is 1. The molecule has 1 N–H and O–H groups in total. The summed E-state index contributed by atoms with van der Waals surface area (Å²) in [4.78, 5) is 25.8. The Morgan fingerprint density at radius 3 is 2.80 bits per heavy atom. The summed E-state index contributed by atoms with van der Waals surface area (Å²) in [5.41, 5.74) is 2.27. The predicted molar refractivity (Wildman–Crippen MR) is 112 cm³/mol. The van der Waals surface area contributed by atoms with Gasteiger partial charge in [-0.15, -0.1) is 0 Å². The van der Waals surface area contributed by atoms with Crippen LogP contribution in [0, 0.1) is 5.82 Å². The zero-order chi connectivity index (χ0) is 21.3. The fraction of sp³-hybridized carbons (Fsp3) is 0.304. The first-order chi connectivity index (χ1) is 14.5. The Bertz CT molecular complexity index is 898. The van der Waals surface area contributed by atoms with Crippen LogP contribution in [0.5, 0.6) is 0 Å². The van der Waals surface area contributed by atoms with Crippen LogP contribution in [0.3, 0.4) is 0 Å². The van der Waals surface area contributed by atoms with E-state index in [1.807, 2.05) is 11.0 Å². The van der Waals surface area contributed by atoms with Gasteiger partial charge in [0, 0.05) is 24.9 Å². The van der Waals surface area contributed by atoms with Gasteiger partial charge in [-0.3, -0.25) is 9.69 Å². The number of morpholine rings is 1. The Labute approximate surface area is 175 Å². The molecule has 0 spiro atoms. The molecule has 0 aromatic heterocycles. The third kappa shape index (κ3) is 6.50. The highest BCUT2D eigenvalue weighted by atomic mass is 19.1. The zero-order valence-corrected chi connectivity index (χ0v) is 16.8. The van der Waals surface area contributed by atoms with Crippen molar-refractivity contribution in [2.45, 2.75) is 13.0 Å². The van der Waals surface area contributed by atoms with Gasteiger partial charge in [-0.05, 0) is 48.4 Å². The van der Waals surface area contributed by atoms with E-state index in [1.165, 1.54) is 18.2 Å². The topological polar surface area (TPSA) is 67.9 Å². The summed E-state index contributed by atoms with van der Waals surface area (Å²) in [5.74, 6) is -0.826. The van der Waals surface area contributed by atoms with Crippen LogP contribution in [0.15, 0.2) is 54.6 Å². The SMILES string of the molecule is CCOC(=O)/C=C/c1ccc(NC(=O)CN2CCOC(c3cccc(F)c3)C2)cc1. The minimum absolute atomic E-state index is 0.135. The van der Waals surface area contributed by atoms with Crippen molar-refractivity contribution in [2.24, 2.45) is 0 Å². The molecule has 1 unspecified atom stereocenters. The molecule has 0 bridgehead atoms. The van der Waals surface area contributed by atoms with Gasteiger partial charge in [-0.2, -0.15) is 0 Å². The quantitative estimate of drug-likeness (QED) is 0.558. The van der Waals surface area contributed by atoms with Crippen LogP contribution in [0.25, 0.3) is 6.08 Å². The molecule has 7 heteroatoms. The molecule has 0 radical (unpaired) electrons. The molecule has 1 amide bonds. The molecule has 1 aliphatic heterocycles. The number of rotatable bonds is 7. The summed E-state index contributed by atoms with van der Waals surface area (Å²) in [6.45, 7) is 3.95. The maximum absolute atomic E-state index is 13.5. The average Bonchev–Trinajstić information content (AvgIpc) is 2.73. The third-order valence-electron chi connectivity index (χ3n) is 4.63. The van der Waals surface area contributed by atoms with E-state index in [0.717, 1.165) is 11.1 Å². The van der Waals surface area contributed by atoms with Crippen LogP contribution in [-0.4, -0.2) is 49.6 Å². The van der Waals surface area contributed by atoms with Gasteiger partial charge in [0.25, 0.3) is 0 Å². The third-order valence-corrected chi connectivity index (χ3v) is 4.63. The Morgan fingerprint density at radius 2 is 2.07 bits per heavy atom. The second-order valence-electron chi connectivity index (χ2n) is 6.91. The van der Waals surface area contributed by atoms with Gasteiger partial charge in [0.2, 0.25) is 5.91 Å². The molecule has 1 saturated heterocycles. The number of benzene rings is 2. The number of ether oxygens (including phenoxy) is 2. The van der Waals surface area contributed by atoms with E-state index in [2.05, 4.69) is 5.32 Å². The lowest BCUT2D eigenvalue weighted by molar-refractivity contribution is -0.137. The number of carbonyl (C=O) groups excluding carboxylic acids is 2. The van der Waals surface area contributed by atoms with Crippen molar-refractivity contribution in [3.63, 3.8) is 0 Å². The van der Waals surface area contributed by atoms with Crippen LogP contribution in [0.2, 0.25) is 0 Å². The number of nitrogens with zero attached hydrogens (tertiary/aromatic N) is 1. The second kappa shape index (κ2) is 10.7. The summed E-state index contributed by atoms with van der Waals surface area (Å²) < 4.78 is 24.0. The molecule has 2 aromatic carbocycles. The van der Waals surface area contributed by atoms with E-state index < -0.39 is 5.97 Å². The number of halogens is 1. The van der Waals surface area contributed by atoms with Crippen molar-refractivity contribution in [2.75, 3.05) is 38.2 Å². The summed E-state index contributed by atoms with van der Waals surface area (Å²) in [5, 5.41) is 2.87. The van der Waals surface area contributed by atoms with E-state index in [1.54, 1.807) is 43.3 Å². The Kier molecular flexibility index (Phi) is 7.70. The minimum atomic E-state index is -0.392. The van der Waals surface area contributed by atoms with Crippen molar-refractivity contribution in [1.29, 1.82) is 0 Å². The normalized spacial score (nSPS) is 17.1. The maximum Gasteiger partial charge on any atom is 0.330 e. The van der Waals surface area contributed by atoms with Gasteiger partial charge in [0.05, 0.1) is 25.9 Å². The molecule has 2 aromatic rings. The molecule has 1 aliphatic rings. The fourth-order valence-electron chi connectivity index (χ4n) is 3.19. The van der Waals surface area contributed by atoms with E-state index in [4.69, 9.17) is 9.47 Å². The zero-order valence-electron chi connectivity index (χ0n) is 16.8. The van der Waals surface area contributed by atoms with Gasteiger partial charge in [-0.25, -0.2) is 9.18 Å². The molecule has 30 heavy (non-hydrogen) atoms. The first-order valence-corrected chi connectivity index (χ1v) is 9.87. The van der Waals surface area contributed by atoms with Gasteiger partial charge in [-0.1, -0.05) is 24.3 Å². The number of hydrogen-bond donors (Lipinski definition) is 1. The number of anilines is 1. The van der Waals surface area contributed by atoms with E-state index in [-0.39, 0.29) is 24.4 Å². The van der Waals surface area contributed by atoms with Gasteiger partial charge >= 0.3 is 5.97 Å². The van der Waals surface area contributed by atoms with Crippen molar-refractivity contribution < 1.29 is 23.5 Å². The lowest BCUT2D eigenvalue weighted by Crippen LogP contribution is -2.42. The summed E-state index contributed by atoms with van der Waals surface area (Å²) in [7, 11) is 0. The van der Waals surface area contributed by atoms with E-state index in [0.29, 0.717) is 32.0 Å². The average molecular weight is 412 g/mol. The van der Waals surface area contributed by atoms with E-state index in [9.17, 15) is 14.0 Å². The number of amides is 1. The first kappa shape index (κ1) is 21.7. The molecule has 0 saturated carbocycles. The molecule has 1 fully saturated rings. The van der Waals surface area contributed by atoms with Gasteiger partial charge < -0.3 is 14.8 Å². The standard InChI is InChI=1S/C23H25FN2O4/c1-2-29-23(28)11-8-17-6-9-20(10-7-17)25-22(27)16-26-12-13-30-21(15-26)18-4-3-5-19(24)14-18/h3-11,14,21H,2,12-13,15-16H2,1H3,(H,25,27)/b11-8+. The number of nitrogens with one attached hydrogen (secondary N) is 1. The van der Waals surface area contributed by atoms with Crippen LogP contribution in [0.4, 0.5) is 10.1 Å². The van der Waals surface area contributed by atoms with Crippen molar-refractivity contribution in [3.8, 4) is 0 Å². The largest absolute Gasteiger partial charge is 0.463 e. The highest BCUT2D eigenvalue weighted by Crippen LogP contribution is 2.22. The molecule has 6 nitrogen and oxygen atoms in total. The maximum atomic E-state index is 13.5. The van der Waals surface area contributed by atoms with Crippen LogP contribution >= 0.6 is 0 Å². The highest BCUT2D eigenvalue weighted by Gasteiger charge is 2.23. The molecule has 1 atom stereocenters. The van der Waals surface area contributed by atoms with Gasteiger partial charge in [0.1, 0.15) is 5.82 Å². The van der Waals surface area contributed by atoms with E-state index >= 15 is 0 Å². The molecule has 1 heterocycles. The molecule has 0 aliphatic carbocycles. The fourth-order valence-corrected chi connectivity index (χ4v) is 3.19. The summed E-state index contributed by atoms with van der Waals surface area (Å²) in [6, 6.07) is 13.5. The molecule has 158 valence electrons. The van der Waals surface area contributed by atoms with Crippen LogP contribution < -0.4 is 5.32 Å². The monoisotopic (exact) mass is 412 g/mol. The predicted octanol–water partition coefficient (Wildman–Crippen LogP) is 3.41. The summed E-state index contributed by atoms with van der Waals surface area (Å²) in [6.07, 6.45) is 2.77. The Hall–Kier alpha value is -3.03. The van der Waals surface area contributed by atoms with Gasteiger partial charge in [0.15, 0.2) is 0 Å². The summed E-state index contributed by atoms with van der Waals surface area (Å²) >= 11 is 0. The molecular weight excluding hydrogens is 387 g/mol. The van der Waals surface area contributed by atoms with Crippen molar-refractivity contribution in [1.82, 2.24) is 4.90 Å². The second-order valence-corrected chi connectivity index (χ2v) is 6.91.